The van der Waals surface area contributed by atoms with Crippen molar-refractivity contribution in [3.63, 3.8) is 0 Å². The third-order valence-corrected chi connectivity index (χ3v) is 5.64. The van der Waals surface area contributed by atoms with E-state index in [0.29, 0.717) is 10.7 Å². The van der Waals surface area contributed by atoms with Gasteiger partial charge in [-0.05, 0) is 35.7 Å². The summed E-state index contributed by atoms with van der Waals surface area (Å²) in [4.78, 5) is 8.26. The molecule has 0 saturated carbocycles. The maximum atomic E-state index is 12.6. The van der Waals surface area contributed by atoms with Crippen LogP contribution in [0.4, 0.5) is 11.6 Å². The molecule has 1 aromatic carbocycles. The van der Waals surface area contributed by atoms with Crippen molar-refractivity contribution < 1.29 is 8.42 Å². The topological polar surface area (TPSA) is 98.0 Å². The third kappa shape index (κ3) is 4.20. The average Bonchev–Trinajstić information content (AvgIpc) is 2.63. The summed E-state index contributed by atoms with van der Waals surface area (Å²) in [6.07, 6.45) is 1.20. The zero-order valence-corrected chi connectivity index (χ0v) is 16.4. The number of sulfonamides is 1. The lowest BCUT2D eigenvalue weighted by Gasteiger charge is -2.14. The molecule has 0 unspecified atom stereocenters. The monoisotopic (exact) mass is 402 g/mol. The number of nitrogen functional groups attached to an aromatic ring is 1. The first-order chi connectivity index (χ1) is 12.8. The summed E-state index contributed by atoms with van der Waals surface area (Å²) in [5.41, 5.74) is 7.98. The molecule has 0 aliphatic carbocycles. The Morgan fingerprint density at radius 1 is 1.07 bits per heavy atom. The Kier molecular flexibility index (Phi) is 5.34. The number of halogens is 1. The smallest absolute Gasteiger partial charge is 0.264 e. The second-order valence-corrected chi connectivity index (χ2v) is 8.38. The van der Waals surface area contributed by atoms with Gasteiger partial charge in [0.05, 0.1) is 10.7 Å². The highest BCUT2D eigenvalue weighted by Crippen LogP contribution is 2.33. The Morgan fingerprint density at radius 2 is 1.81 bits per heavy atom. The molecule has 0 bridgehead atoms. The number of aromatic nitrogens is 2. The first-order valence-corrected chi connectivity index (χ1v) is 10.1. The van der Waals surface area contributed by atoms with Crippen LogP contribution >= 0.6 is 11.6 Å². The van der Waals surface area contributed by atoms with Crippen LogP contribution in [0.5, 0.6) is 0 Å². The molecule has 140 valence electrons. The minimum atomic E-state index is -3.84. The van der Waals surface area contributed by atoms with Crippen LogP contribution < -0.4 is 10.5 Å². The van der Waals surface area contributed by atoms with Gasteiger partial charge in [-0.15, -0.1) is 0 Å². The van der Waals surface area contributed by atoms with Crippen LogP contribution in [0.25, 0.3) is 11.3 Å². The van der Waals surface area contributed by atoms with Gasteiger partial charge in [-0.2, -0.15) is 0 Å². The van der Waals surface area contributed by atoms with Crippen molar-refractivity contribution in [3.8, 4) is 11.3 Å². The Balaban J connectivity index is 2.00. The number of nitrogens with two attached hydrogens (primary N) is 1. The molecule has 0 radical (unpaired) electrons. The van der Waals surface area contributed by atoms with Crippen molar-refractivity contribution >= 4 is 33.3 Å². The Morgan fingerprint density at radius 3 is 2.48 bits per heavy atom. The summed E-state index contributed by atoms with van der Waals surface area (Å²) in [6, 6.07) is 13.7. The van der Waals surface area contributed by atoms with E-state index in [1.165, 1.54) is 24.4 Å². The zero-order valence-electron chi connectivity index (χ0n) is 14.8. The number of nitrogens with one attached hydrogen (secondary N) is 1. The lowest BCUT2D eigenvalue weighted by Crippen LogP contribution is -2.14. The minimum absolute atomic E-state index is 0.00224. The average molecular weight is 403 g/mol. The highest BCUT2D eigenvalue weighted by atomic mass is 35.5. The maximum absolute atomic E-state index is 12.6. The van der Waals surface area contributed by atoms with E-state index in [0.717, 1.165) is 11.1 Å². The lowest BCUT2D eigenvalue weighted by molar-refractivity contribution is 0.600. The largest absolute Gasteiger partial charge is 0.384 e. The van der Waals surface area contributed by atoms with Gasteiger partial charge in [0.2, 0.25) is 0 Å². The van der Waals surface area contributed by atoms with Crippen LogP contribution in [0.2, 0.25) is 5.02 Å². The second kappa shape index (κ2) is 7.54. The number of hydrogen-bond acceptors (Lipinski definition) is 5. The molecule has 0 aliphatic heterocycles. The fourth-order valence-corrected chi connectivity index (χ4v) is 3.80. The van der Waals surface area contributed by atoms with Gasteiger partial charge in [0.15, 0.2) is 0 Å². The van der Waals surface area contributed by atoms with E-state index in [-0.39, 0.29) is 22.4 Å². The van der Waals surface area contributed by atoms with Crippen LogP contribution in [0.15, 0.2) is 59.6 Å². The van der Waals surface area contributed by atoms with E-state index in [1.54, 1.807) is 6.07 Å². The number of hydrogen-bond donors (Lipinski definition) is 2. The molecule has 3 rings (SSSR count). The molecule has 27 heavy (non-hydrogen) atoms. The Bertz CT molecular complexity index is 1070. The van der Waals surface area contributed by atoms with Crippen molar-refractivity contribution in [2.24, 2.45) is 0 Å². The minimum Gasteiger partial charge on any atom is -0.384 e. The normalized spacial score (nSPS) is 11.6. The van der Waals surface area contributed by atoms with Crippen molar-refractivity contribution in [2.45, 2.75) is 24.7 Å². The van der Waals surface area contributed by atoms with Crippen LogP contribution in [0, 0.1) is 0 Å². The van der Waals surface area contributed by atoms with E-state index >= 15 is 0 Å². The van der Waals surface area contributed by atoms with E-state index in [9.17, 15) is 8.42 Å². The van der Waals surface area contributed by atoms with Crippen LogP contribution in [-0.2, 0) is 10.0 Å². The number of pyridine rings is 2. The van der Waals surface area contributed by atoms with Gasteiger partial charge >= 0.3 is 0 Å². The molecule has 3 N–H and O–H groups in total. The maximum Gasteiger partial charge on any atom is 0.264 e. The molecule has 3 aromatic rings. The summed E-state index contributed by atoms with van der Waals surface area (Å²) >= 11 is 6.35. The van der Waals surface area contributed by atoms with Gasteiger partial charge in [-0.25, -0.2) is 18.4 Å². The summed E-state index contributed by atoms with van der Waals surface area (Å²) in [5.74, 6) is 0.677. The lowest BCUT2D eigenvalue weighted by atomic mass is 9.95. The Hall–Kier alpha value is -2.64. The van der Waals surface area contributed by atoms with E-state index < -0.39 is 10.0 Å². The predicted octanol–water partition coefficient (Wildman–Crippen LogP) is 4.30. The van der Waals surface area contributed by atoms with Gasteiger partial charge in [-0.3, -0.25) is 4.72 Å². The molecule has 0 saturated heterocycles. The van der Waals surface area contributed by atoms with Gasteiger partial charge in [0.25, 0.3) is 10.0 Å². The molecular formula is C19H19ClN4O2S. The fraction of sp³-hybridized carbons (Fsp3) is 0.158. The molecule has 0 aliphatic rings. The summed E-state index contributed by atoms with van der Waals surface area (Å²) in [6.45, 7) is 4.15. The molecule has 2 aromatic heterocycles. The molecular weight excluding hydrogens is 384 g/mol. The van der Waals surface area contributed by atoms with Crippen LogP contribution in [0.3, 0.4) is 0 Å². The zero-order chi connectivity index (χ0) is 19.6. The molecule has 8 heteroatoms. The van der Waals surface area contributed by atoms with Crippen molar-refractivity contribution in [1.29, 1.82) is 0 Å². The van der Waals surface area contributed by atoms with E-state index in [2.05, 4.69) is 28.5 Å². The molecule has 2 heterocycles. The summed E-state index contributed by atoms with van der Waals surface area (Å²) in [5, 5.41) is 0.445. The third-order valence-electron chi connectivity index (χ3n) is 3.99. The molecule has 6 nitrogen and oxygen atoms in total. The van der Waals surface area contributed by atoms with E-state index in [1.807, 2.05) is 24.3 Å². The molecule has 0 fully saturated rings. The molecule has 0 atom stereocenters. The Labute approximate surface area is 163 Å². The first kappa shape index (κ1) is 19.1. The summed E-state index contributed by atoms with van der Waals surface area (Å²) in [7, 11) is -3.84. The number of nitrogens with zero attached hydrogens (tertiary/aromatic N) is 2. The highest BCUT2D eigenvalue weighted by Gasteiger charge is 2.18. The van der Waals surface area contributed by atoms with Gasteiger partial charge in [-0.1, -0.05) is 49.7 Å². The van der Waals surface area contributed by atoms with Crippen molar-refractivity contribution in [3.05, 3.63) is 65.3 Å². The van der Waals surface area contributed by atoms with Crippen molar-refractivity contribution in [1.82, 2.24) is 9.97 Å². The number of anilines is 2. The summed E-state index contributed by atoms with van der Waals surface area (Å²) < 4.78 is 27.6. The van der Waals surface area contributed by atoms with Crippen LogP contribution in [0.1, 0.15) is 25.3 Å². The number of rotatable bonds is 5. The fourth-order valence-electron chi connectivity index (χ4n) is 2.65. The number of benzene rings is 1. The van der Waals surface area contributed by atoms with Gasteiger partial charge in [0.1, 0.15) is 16.5 Å². The SMILES string of the molecule is CC(C)c1ccccc1-c1nc(NS(=O)(=O)c2ccc(N)nc2)ccc1Cl. The van der Waals surface area contributed by atoms with E-state index in [4.69, 9.17) is 17.3 Å². The van der Waals surface area contributed by atoms with Crippen molar-refractivity contribution in [2.75, 3.05) is 10.5 Å². The molecule has 0 spiro atoms. The quantitative estimate of drug-likeness (QED) is 0.662. The second-order valence-electron chi connectivity index (χ2n) is 6.29. The molecule has 0 amide bonds. The van der Waals surface area contributed by atoms with Crippen LogP contribution in [-0.4, -0.2) is 18.4 Å². The predicted molar refractivity (Wildman–Crippen MR) is 108 cm³/mol. The van der Waals surface area contributed by atoms with Gasteiger partial charge in [0, 0.05) is 11.8 Å². The highest BCUT2D eigenvalue weighted by molar-refractivity contribution is 7.92. The van der Waals surface area contributed by atoms with Gasteiger partial charge < -0.3 is 5.73 Å². The standard InChI is InChI=1S/C19H19ClN4O2S/c1-12(2)14-5-3-4-6-15(14)19-16(20)8-10-18(23-19)24-27(25,26)13-7-9-17(21)22-11-13/h3-12H,1-2H3,(H2,21,22)(H,23,24). The first-order valence-electron chi connectivity index (χ1n) is 8.28.